The maximum Gasteiger partial charge on any atom is 0.171 e. The number of hydrogen-bond donors (Lipinski definition) is 1. The lowest BCUT2D eigenvalue weighted by atomic mass is 10.1. The summed E-state index contributed by atoms with van der Waals surface area (Å²) in [5, 5.41) is 0. The Kier molecular flexibility index (Phi) is 3.57. The van der Waals surface area contributed by atoms with Gasteiger partial charge in [0.2, 0.25) is 0 Å². The van der Waals surface area contributed by atoms with E-state index in [2.05, 4.69) is 4.74 Å². The van der Waals surface area contributed by atoms with E-state index >= 15 is 0 Å². The summed E-state index contributed by atoms with van der Waals surface area (Å²) in [6.07, 6.45) is -0.0776. The molecule has 0 bridgehead atoms. The Balaban J connectivity index is 3.27. The van der Waals surface area contributed by atoms with Crippen LogP contribution in [-0.4, -0.2) is 13.2 Å². The van der Waals surface area contributed by atoms with E-state index in [1.54, 1.807) is 6.92 Å². The standard InChI is InChI=1S/C10H12F3NO/c1-5(14)3-6-9(12)7(11)4-8(15-2)10(6)13/h4-5H,3,14H2,1-2H3. The van der Waals surface area contributed by atoms with Crippen molar-refractivity contribution in [1.29, 1.82) is 0 Å². The maximum absolute atomic E-state index is 13.5. The Hall–Kier alpha value is -1.23. The van der Waals surface area contributed by atoms with Crippen molar-refractivity contribution in [2.24, 2.45) is 5.73 Å². The molecule has 0 saturated heterocycles. The smallest absolute Gasteiger partial charge is 0.171 e. The van der Waals surface area contributed by atoms with Gasteiger partial charge < -0.3 is 10.5 Å². The van der Waals surface area contributed by atoms with Crippen molar-refractivity contribution in [3.8, 4) is 5.75 Å². The Morgan fingerprint density at radius 2 is 1.93 bits per heavy atom. The molecule has 0 fully saturated rings. The summed E-state index contributed by atoms with van der Waals surface area (Å²) >= 11 is 0. The first-order valence-corrected chi connectivity index (χ1v) is 4.43. The molecule has 5 heteroatoms. The minimum Gasteiger partial charge on any atom is -0.494 e. The lowest BCUT2D eigenvalue weighted by molar-refractivity contribution is 0.370. The molecule has 0 spiro atoms. The van der Waals surface area contributed by atoms with Crippen molar-refractivity contribution in [2.75, 3.05) is 7.11 Å². The molecular formula is C10H12F3NO. The van der Waals surface area contributed by atoms with E-state index in [1.165, 1.54) is 7.11 Å². The Morgan fingerprint density at radius 1 is 1.33 bits per heavy atom. The van der Waals surface area contributed by atoms with E-state index in [-0.39, 0.29) is 17.7 Å². The first-order valence-electron chi connectivity index (χ1n) is 4.43. The van der Waals surface area contributed by atoms with Gasteiger partial charge in [-0.15, -0.1) is 0 Å². The summed E-state index contributed by atoms with van der Waals surface area (Å²) in [4.78, 5) is 0. The fraction of sp³-hybridized carbons (Fsp3) is 0.400. The minimum absolute atomic E-state index is 0.0776. The van der Waals surface area contributed by atoms with Gasteiger partial charge in [0, 0.05) is 17.7 Å². The monoisotopic (exact) mass is 219 g/mol. The number of nitrogens with two attached hydrogens (primary N) is 1. The van der Waals surface area contributed by atoms with Crippen LogP contribution in [0.2, 0.25) is 0 Å². The second kappa shape index (κ2) is 4.53. The normalized spacial score (nSPS) is 12.7. The number of rotatable bonds is 3. The average Bonchev–Trinajstić information content (AvgIpc) is 2.18. The zero-order chi connectivity index (χ0) is 11.6. The largest absolute Gasteiger partial charge is 0.494 e. The van der Waals surface area contributed by atoms with Crippen LogP contribution in [0.25, 0.3) is 0 Å². The van der Waals surface area contributed by atoms with E-state index < -0.39 is 23.5 Å². The highest BCUT2D eigenvalue weighted by molar-refractivity contribution is 5.33. The molecule has 2 nitrogen and oxygen atoms in total. The van der Waals surface area contributed by atoms with Crippen LogP contribution in [0.1, 0.15) is 12.5 Å². The van der Waals surface area contributed by atoms with Crippen molar-refractivity contribution in [3.63, 3.8) is 0 Å². The molecule has 0 aliphatic rings. The number of benzene rings is 1. The van der Waals surface area contributed by atoms with Gasteiger partial charge in [-0.25, -0.2) is 13.2 Å². The van der Waals surface area contributed by atoms with E-state index in [9.17, 15) is 13.2 Å². The van der Waals surface area contributed by atoms with Crippen molar-refractivity contribution >= 4 is 0 Å². The topological polar surface area (TPSA) is 35.2 Å². The molecule has 0 saturated carbocycles. The third-order valence-electron chi connectivity index (χ3n) is 1.96. The maximum atomic E-state index is 13.5. The molecular weight excluding hydrogens is 207 g/mol. The molecule has 84 valence electrons. The molecule has 0 amide bonds. The van der Waals surface area contributed by atoms with Gasteiger partial charge in [0.25, 0.3) is 0 Å². The van der Waals surface area contributed by atoms with Gasteiger partial charge in [-0.05, 0) is 13.3 Å². The lowest BCUT2D eigenvalue weighted by Gasteiger charge is -2.11. The molecule has 1 atom stereocenters. The number of halogens is 3. The zero-order valence-electron chi connectivity index (χ0n) is 8.48. The molecule has 0 aliphatic heterocycles. The van der Waals surface area contributed by atoms with Gasteiger partial charge >= 0.3 is 0 Å². The highest BCUT2D eigenvalue weighted by Gasteiger charge is 2.19. The molecule has 15 heavy (non-hydrogen) atoms. The number of ether oxygens (including phenoxy) is 1. The van der Waals surface area contributed by atoms with E-state index in [0.717, 1.165) is 0 Å². The molecule has 2 N–H and O–H groups in total. The third-order valence-corrected chi connectivity index (χ3v) is 1.96. The van der Waals surface area contributed by atoms with Crippen LogP contribution in [0.3, 0.4) is 0 Å². The number of methoxy groups -OCH3 is 1. The van der Waals surface area contributed by atoms with Gasteiger partial charge in [0.15, 0.2) is 23.2 Å². The van der Waals surface area contributed by atoms with Gasteiger partial charge in [-0.1, -0.05) is 0 Å². The summed E-state index contributed by atoms with van der Waals surface area (Å²) in [7, 11) is 1.19. The second-order valence-corrected chi connectivity index (χ2v) is 3.35. The molecule has 1 rings (SSSR count). The predicted molar refractivity (Wildman–Crippen MR) is 50.2 cm³/mol. The molecule has 0 radical (unpaired) electrons. The minimum atomic E-state index is -1.20. The first kappa shape index (κ1) is 11.8. The van der Waals surface area contributed by atoms with Gasteiger partial charge in [-0.2, -0.15) is 0 Å². The highest BCUT2D eigenvalue weighted by atomic mass is 19.2. The Bertz CT molecular complexity index is 366. The van der Waals surface area contributed by atoms with Crippen LogP contribution < -0.4 is 10.5 Å². The van der Waals surface area contributed by atoms with Crippen LogP contribution in [0.15, 0.2) is 6.07 Å². The lowest BCUT2D eigenvalue weighted by Crippen LogP contribution is -2.20. The summed E-state index contributed by atoms with van der Waals surface area (Å²) in [6.45, 7) is 1.58. The quantitative estimate of drug-likeness (QED) is 0.789. The molecule has 1 aromatic carbocycles. The summed E-state index contributed by atoms with van der Waals surface area (Å²) in [6, 6.07) is 0.218. The van der Waals surface area contributed by atoms with Gasteiger partial charge in [0.05, 0.1) is 7.11 Å². The van der Waals surface area contributed by atoms with Gasteiger partial charge in [0.1, 0.15) is 0 Å². The molecule has 0 aliphatic carbocycles. The Labute approximate surface area is 85.8 Å². The van der Waals surface area contributed by atoms with Crippen molar-refractivity contribution in [3.05, 3.63) is 29.1 Å². The molecule has 1 aromatic rings. The van der Waals surface area contributed by atoms with Crippen molar-refractivity contribution in [1.82, 2.24) is 0 Å². The second-order valence-electron chi connectivity index (χ2n) is 3.35. The summed E-state index contributed by atoms with van der Waals surface area (Å²) in [5.74, 6) is -3.55. The van der Waals surface area contributed by atoms with Crippen LogP contribution in [-0.2, 0) is 6.42 Å². The molecule has 0 aromatic heterocycles. The fourth-order valence-corrected chi connectivity index (χ4v) is 1.28. The van der Waals surface area contributed by atoms with Gasteiger partial charge in [-0.3, -0.25) is 0 Å². The van der Waals surface area contributed by atoms with Crippen LogP contribution in [0.5, 0.6) is 5.75 Å². The van der Waals surface area contributed by atoms with E-state index in [0.29, 0.717) is 6.07 Å². The third kappa shape index (κ3) is 2.41. The molecule has 1 unspecified atom stereocenters. The van der Waals surface area contributed by atoms with Crippen LogP contribution >= 0.6 is 0 Å². The van der Waals surface area contributed by atoms with E-state index in [1.807, 2.05) is 0 Å². The molecule has 0 heterocycles. The fourth-order valence-electron chi connectivity index (χ4n) is 1.28. The average molecular weight is 219 g/mol. The SMILES string of the molecule is COc1cc(F)c(F)c(CC(C)N)c1F. The van der Waals surface area contributed by atoms with Crippen LogP contribution in [0.4, 0.5) is 13.2 Å². The first-order chi connectivity index (χ1) is 6.97. The highest BCUT2D eigenvalue weighted by Crippen LogP contribution is 2.26. The predicted octanol–water partition coefficient (Wildman–Crippen LogP) is 2.00. The van der Waals surface area contributed by atoms with E-state index in [4.69, 9.17) is 5.73 Å². The summed E-state index contributed by atoms with van der Waals surface area (Å²) in [5.41, 5.74) is 5.03. The zero-order valence-corrected chi connectivity index (χ0v) is 8.48. The van der Waals surface area contributed by atoms with Crippen molar-refractivity contribution in [2.45, 2.75) is 19.4 Å². The number of hydrogen-bond acceptors (Lipinski definition) is 2. The van der Waals surface area contributed by atoms with Crippen molar-refractivity contribution < 1.29 is 17.9 Å². The summed E-state index contributed by atoms with van der Waals surface area (Å²) < 4.78 is 44.3. The Morgan fingerprint density at radius 3 is 2.40 bits per heavy atom. The van der Waals surface area contributed by atoms with Crippen LogP contribution in [0, 0.1) is 17.5 Å².